The summed E-state index contributed by atoms with van der Waals surface area (Å²) >= 11 is 0. The van der Waals surface area contributed by atoms with Crippen molar-refractivity contribution in [2.45, 2.75) is 31.3 Å². The molecule has 82 valence electrons. The number of benzene rings is 1. The van der Waals surface area contributed by atoms with Gasteiger partial charge in [0.05, 0.1) is 0 Å². The zero-order valence-corrected chi connectivity index (χ0v) is 8.99. The third kappa shape index (κ3) is 2.12. The monoisotopic (exact) mass is 208 g/mol. The van der Waals surface area contributed by atoms with Gasteiger partial charge in [-0.15, -0.1) is 0 Å². The van der Waals surface area contributed by atoms with Gasteiger partial charge < -0.3 is 10.6 Å². The van der Waals surface area contributed by atoms with Gasteiger partial charge in [-0.1, -0.05) is 0 Å². The summed E-state index contributed by atoms with van der Waals surface area (Å²) in [5, 5.41) is 0. The molecule has 1 fully saturated rings. The van der Waals surface area contributed by atoms with Gasteiger partial charge in [-0.25, -0.2) is 4.39 Å². The van der Waals surface area contributed by atoms with Crippen LogP contribution in [0.3, 0.4) is 0 Å². The van der Waals surface area contributed by atoms with Crippen LogP contribution in [-0.4, -0.2) is 19.1 Å². The Balaban J connectivity index is 2.13. The van der Waals surface area contributed by atoms with Crippen LogP contribution in [0.4, 0.5) is 10.1 Å². The number of nitrogens with two attached hydrogens (primary N) is 1. The first kappa shape index (κ1) is 10.4. The summed E-state index contributed by atoms with van der Waals surface area (Å²) in [6.45, 7) is 0. The van der Waals surface area contributed by atoms with Crippen molar-refractivity contribution < 1.29 is 4.39 Å². The van der Waals surface area contributed by atoms with Gasteiger partial charge in [0.2, 0.25) is 0 Å². The Morgan fingerprint density at radius 2 is 1.93 bits per heavy atom. The fourth-order valence-electron chi connectivity index (χ4n) is 2.32. The van der Waals surface area contributed by atoms with Crippen molar-refractivity contribution in [3.05, 3.63) is 30.1 Å². The molecule has 2 N–H and O–H groups in total. The van der Waals surface area contributed by atoms with Gasteiger partial charge in [-0.05, 0) is 43.5 Å². The summed E-state index contributed by atoms with van der Waals surface area (Å²) in [6, 6.07) is 7.25. The second-order valence-electron chi connectivity index (χ2n) is 4.25. The molecule has 1 saturated carbocycles. The van der Waals surface area contributed by atoms with Crippen LogP contribution in [0.15, 0.2) is 24.3 Å². The van der Waals surface area contributed by atoms with Crippen molar-refractivity contribution in [1.29, 1.82) is 0 Å². The van der Waals surface area contributed by atoms with Crippen LogP contribution in [0.1, 0.15) is 19.3 Å². The fourth-order valence-corrected chi connectivity index (χ4v) is 2.32. The molecular weight excluding hydrogens is 191 g/mol. The van der Waals surface area contributed by atoms with E-state index >= 15 is 0 Å². The van der Waals surface area contributed by atoms with Gasteiger partial charge in [0, 0.05) is 24.8 Å². The first-order valence-corrected chi connectivity index (χ1v) is 5.42. The molecule has 0 aliphatic heterocycles. The van der Waals surface area contributed by atoms with Gasteiger partial charge in [-0.2, -0.15) is 0 Å². The molecule has 2 unspecified atom stereocenters. The zero-order chi connectivity index (χ0) is 10.8. The van der Waals surface area contributed by atoms with E-state index in [4.69, 9.17) is 5.73 Å². The van der Waals surface area contributed by atoms with Crippen molar-refractivity contribution in [2.75, 3.05) is 11.9 Å². The van der Waals surface area contributed by atoms with E-state index in [1.165, 1.54) is 18.6 Å². The van der Waals surface area contributed by atoms with E-state index in [1.54, 1.807) is 12.1 Å². The van der Waals surface area contributed by atoms with Crippen LogP contribution in [0.2, 0.25) is 0 Å². The summed E-state index contributed by atoms with van der Waals surface area (Å²) in [5.41, 5.74) is 7.07. The Hall–Kier alpha value is -1.09. The SMILES string of the molecule is CN(c1ccc(F)cc1)C1CCCC1N. The highest BCUT2D eigenvalue weighted by molar-refractivity contribution is 5.47. The average molecular weight is 208 g/mol. The lowest BCUT2D eigenvalue weighted by Crippen LogP contribution is -2.42. The Labute approximate surface area is 89.9 Å². The molecule has 0 spiro atoms. The highest BCUT2D eigenvalue weighted by Gasteiger charge is 2.27. The van der Waals surface area contributed by atoms with Crippen molar-refractivity contribution in [3.63, 3.8) is 0 Å². The quantitative estimate of drug-likeness (QED) is 0.806. The van der Waals surface area contributed by atoms with E-state index in [-0.39, 0.29) is 11.9 Å². The Kier molecular flexibility index (Phi) is 2.91. The maximum absolute atomic E-state index is 12.8. The molecule has 3 heteroatoms. The number of hydrogen-bond donors (Lipinski definition) is 1. The molecule has 0 saturated heterocycles. The van der Waals surface area contributed by atoms with Gasteiger partial charge in [-0.3, -0.25) is 0 Å². The largest absolute Gasteiger partial charge is 0.370 e. The molecule has 2 atom stereocenters. The second-order valence-corrected chi connectivity index (χ2v) is 4.25. The number of rotatable bonds is 2. The second kappa shape index (κ2) is 4.19. The van der Waals surface area contributed by atoms with Crippen molar-refractivity contribution in [1.82, 2.24) is 0 Å². The topological polar surface area (TPSA) is 29.3 Å². The first-order valence-electron chi connectivity index (χ1n) is 5.42. The van der Waals surface area contributed by atoms with Gasteiger partial charge in [0.25, 0.3) is 0 Å². The smallest absolute Gasteiger partial charge is 0.123 e. The zero-order valence-electron chi connectivity index (χ0n) is 8.99. The Morgan fingerprint density at radius 1 is 1.27 bits per heavy atom. The van der Waals surface area contributed by atoms with Crippen LogP contribution in [0.5, 0.6) is 0 Å². The Morgan fingerprint density at radius 3 is 2.47 bits per heavy atom. The van der Waals surface area contributed by atoms with E-state index < -0.39 is 0 Å². The minimum absolute atomic E-state index is 0.192. The molecule has 2 nitrogen and oxygen atoms in total. The normalized spacial score (nSPS) is 25.5. The summed E-state index contributed by atoms with van der Waals surface area (Å²) in [4.78, 5) is 2.16. The summed E-state index contributed by atoms with van der Waals surface area (Å²) < 4.78 is 12.8. The lowest BCUT2D eigenvalue weighted by Gasteiger charge is -2.29. The number of anilines is 1. The predicted molar refractivity (Wildman–Crippen MR) is 60.4 cm³/mol. The van der Waals surface area contributed by atoms with E-state index in [9.17, 15) is 4.39 Å². The number of likely N-dealkylation sites (N-methyl/N-ethyl adjacent to an activating group) is 1. The van der Waals surface area contributed by atoms with Crippen LogP contribution < -0.4 is 10.6 Å². The third-order valence-corrected chi connectivity index (χ3v) is 3.26. The van der Waals surface area contributed by atoms with Crippen molar-refractivity contribution >= 4 is 5.69 Å². The predicted octanol–water partition coefficient (Wildman–Crippen LogP) is 2.14. The van der Waals surface area contributed by atoms with E-state index in [0.29, 0.717) is 6.04 Å². The summed E-state index contributed by atoms with van der Waals surface area (Å²) in [6.07, 6.45) is 3.42. The number of halogens is 1. The van der Waals surface area contributed by atoms with Crippen molar-refractivity contribution in [3.8, 4) is 0 Å². The molecule has 0 aromatic heterocycles. The molecule has 15 heavy (non-hydrogen) atoms. The molecule has 0 bridgehead atoms. The molecule has 1 aliphatic carbocycles. The molecular formula is C12H17FN2. The lowest BCUT2D eigenvalue weighted by molar-refractivity contribution is 0.571. The molecule has 0 amide bonds. The highest BCUT2D eigenvalue weighted by Crippen LogP contribution is 2.26. The maximum atomic E-state index is 12.8. The molecule has 1 aromatic rings. The molecule has 2 rings (SSSR count). The highest BCUT2D eigenvalue weighted by atomic mass is 19.1. The summed E-state index contributed by atoms with van der Waals surface area (Å²) in [7, 11) is 2.03. The number of hydrogen-bond acceptors (Lipinski definition) is 2. The first-order chi connectivity index (χ1) is 7.18. The van der Waals surface area contributed by atoms with Gasteiger partial charge in [0.15, 0.2) is 0 Å². The van der Waals surface area contributed by atoms with Crippen LogP contribution in [0.25, 0.3) is 0 Å². The molecule has 0 heterocycles. The number of nitrogens with zero attached hydrogens (tertiary/aromatic N) is 1. The van der Waals surface area contributed by atoms with Crippen LogP contribution in [-0.2, 0) is 0 Å². The summed E-state index contributed by atoms with van der Waals surface area (Å²) in [5.74, 6) is -0.192. The molecule has 1 aromatic carbocycles. The maximum Gasteiger partial charge on any atom is 0.123 e. The average Bonchev–Trinajstić information content (AvgIpc) is 2.65. The van der Waals surface area contributed by atoms with Crippen LogP contribution in [0, 0.1) is 5.82 Å². The Bertz CT molecular complexity index is 323. The fraction of sp³-hybridized carbons (Fsp3) is 0.500. The van der Waals surface area contributed by atoms with Gasteiger partial charge >= 0.3 is 0 Å². The van der Waals surface area contributed by atoms with E-state index in [0.717, 1.165) is 18.5 Å². The van der Waals surface area contributed by atoms with E-state index in [2.05, 4.69) is 4.90 Å². The van der Waals surface area contributed by atoms with E-state index in [1.807, 2.05) is 7.05 Å². The van der Waals surface area contributed by atoms with Crippen LogP contribution >= 0.6 is 0 Å². The minimum atomic E-state index is -0.192. The minimum Gasteiger partial charge on any atom is -0.370 e. The molecule has 0 radical (unpaired) electrons. The van der Waals surface area contributed by atoms with Gasteiger partial charge in [0.1, 0.15) is 5.82 Å². The third-order valence-electron chi connectivity index (χ3n) is 3.26. The van der Waals surface area contributed by atoms with Crippen molar-refractivity contribution in [2.24, 2.45) is 5.73 Å². The molecule has 1 aliphatic rings. The lowest BCUT2D eigenvalue weighted by atomic mass is 10.1. The standard InChI is InChI=1S/C12H17FN2/c1-15(12-4-2-3-11(12)14)10-7-5-9(13)6-8-10/h5-8,11-12H,2-4,14H2,1H3.